The van der Waals surface area contributed by atoms with Gasteiger partial charge in [0.15, 0.2) is 0 Å². The van der Waals surface area contributed by atoms with Crippen LogP contribution in [0.1, 0.15) is 98.8 Å². The third-order valence-corrected chi connectivity index (χ3v) is 10.7. The number of rotatable bonds is 5. The molecule has 4 nitrogen and oxygen atoms in total. The smallest absolute Gasteiger partial charge is 0.220 e. The fourth-order valence-corrected chi connectivity index (χ4v) is 9.13. The molecule has 10 atom stereocenters. The van der Waals surface area contributed by atoms with Gasteiger partial charge in [0, 0.05) is 12.5 Å². The molecule has 4 saturated carbocycles. The van der Waals surface area contributed by atoms with Crippen LogP contribution < -0.4 is 5.32 Å². The van der Waals surface area contributed by atoms with Crippen LogP contribution in [0.2, 0.25) is 0 Å². The summed E-state index contributed by atoms with van der Waals surface area (Å²) < 4.78 is 0. The van der Waals surface area contributed by atoms with Crippen molar-refractivity contribution < 1.29 is 15.0 Å². The summed E-state index contributed by atoms with van der Waals surface area (Å²) >= 11 is 0. The Morgan fingerprint density at radius 2 is 1.65 bits per heavy atom. The van der Waals surface area contributed by atoms with Gasteiger partial charge in [0.05, 0.1) is 12.2 Å². The lowest BCUT2D eigenvalue weighted by molar-refractivity contribution is -0.174. The summed E-state index contributed by atoms with van der Waals surface area (Å²) in [6.45, 7) is 11.4. The van der Waals surface area contributed by atoms with Gasteiger partial charge in [-0.25, -0.2) is 0 Å². The van der Waals surface area contributed by atoms with E-state index in [1.165, 1.54) is 25.7 Å². The molecular formula is C27H47NO3. The van der Waals surface area contributed by atoms with Crippen LogP contribution in [-0.2, 0) is 4.79 Å². The van der Waals surface area contributed by atoms with Gasteiger partial charge in [-0.2, -0.15) is 0 Å². The van der Waals surface area contributed by atoms with E-state index in [-0.39, 0.29) is 24.2 Å². The quantitative estimate of drug-likeness (QED) is 0.576. The van der Waals surface area contributed by atoms with E-state index in [1.807, 2.05) is 13.8 Å². The van der Waals surface area contributed by atoms with Gasteiger partial charge in [-0.1, -0.05) is 20.8 Å². The van der Waals surface area contributed by atoms with Gasteiger partial charge in [-0.15, -0.1) is 0 Å². The first-order valence-corrected chi connectivity index (χ1v) is 13.2. The highest BCUT2D eigenvalue weighted by Crippen LogP contribution is 2.68. The SMILES string of the molecule is CC(C)NC(=O)CC[C@@H](C)C1CCC2C3C(O)CC4C[C@H](O)CCC4(C)C3CC[C@@]21C. The average molecular weight is 434 g/mol. The zero-order chi connectivity index (χ0) is 22.6. The first-order chi connectivity index (χ1) is 14.6. The number of hydrogen-bond donors (Lipinski definition) is 3. The fraction of sp³-hybridized carbons (Fsp3) is 0.963. The van der Waals surface area contributed by atoms with Gasteiger partial charge in [0.1, 0.15) is 0 Å². The molecule has 3 N–H and O–H groups in total. The van der Waals surface area contributed by atoms with Crippen LogP contribution in [0.4, 0.5) is 0 Å². The maximum Gasteiger partial charge on any atom is 0.220 e. The predicted molar refractivity (Wildman–Crippen MR) is 124 cm³/mol. The standard InChI is InChI=1S/C27H47NO3/c1-16(2)28-24(31)9-6-17(3)20-7-8-21-25-22(11-13-27(20,21)5)26(4)12-10-19(29)14-18(26)15-23(25)30/h16-23,25,29-30H,6-15H2,1-5H3,(H,28,31)/t17-,18?,19-,20?,21?,22?,23?,25?,26?,27-/m1/s1. The van der Waals surface area contributed by atoms with Crippen LogP contribution in [0.5, 0.6) is 0 Å². The Labute approximate surface area is 190 Å². The molecule has 1 amide bonds. The molecule has 7 unspecified atom stereocenters. The topological polar surface area (TPSA) is 69.6 Å². The van der Waals surface area contributed by atoms with Gasteiger partial charge in [-0.3, -0.25) is 4.79 Å². The summed E-state index contributed by atoms with van der Waals surface area (Å²) in [5.41, 5.74) is 0.594. The van der Waals surface area contributed by atoms with Crippen molar-refractivity contribution in [3.05, 3.63) is 0 Å². The number of aliphatic hydroxyl groups is 2. The molecule has 31 heavy (non-hydrogen) atoms. The van der Waals surface area contributed by atoms with Crippen LogP contribution in [0.3, 0.4) is 0 Å². The molecule has 0 aromatic heterocycles. The molecule has 0 saturated heterocycles. The second-order valence-corrected chi connectivity index (χ2v) is 12.7. The minimum atomic E-state index is -0.205. The van der Waals surface area contributed by atoms with Crippen LogP contribution in [0.25, 0.3) is 0 Å². The number of hydrogen-bond acceptors (Lipinski definition) is 3. The minimum absolute atomic E-state index is 0.166. The number of nitrogens with one attached hydrogen (secondary N) is 1. The van der Waals surface area contributed by atoms with Gasteiger partial charge >= 0.3 is 0 Å². The zero-order valence-electron chi connectivity index (χ0n) is 20.6. The summed E-state index contributed by atoms with van der Waals surface area (Å²) in [4.78, 5) is 12.2. The van der Waals surface area contributed by atoms with Crippen molar-refractivity contribution in [2.45, 2.75) is 117 Å². The summed E-state index contributed by atoms with van der Waals surface area (Å²) in [6.07, 6.45) is 10.1. The lowest BCUT2D eigenvalue weighted by Crippen LogP contribution is -2.58. The Morgan fingerprint density at radius 3 is 2.35 bits per heavy atom. The van der Waals surface area contributed by atoms with E-state index >= 15 is 0 Å². The summed E-state index contributed by atoms with van der Waals surface area (Å²) in [7, 11) is 0. The lowest BCUT2D eigenvalue weighted by atomic mass is 9.43. The molecule has 0 aliphatic heterocycles. The molecule has 4 heteroatoms. The molecule has 0 bridgehead atoms. The molecule has 4 aliphatic rings. The Balaban J connectivity index is 1.47. The second-order valence-electron chi connectivity index (χ2n) is 12.7. The first kappa shape index (κ1) is 23.5. The highest BCUT2D eigenvalue weighted by Gasteiger charge is 2.62. The molecule has 0 heterocycles. The maximum absolute atomic E-state index is 12.2. The molecular weight excluding hydrogens is 386 g/mol. The molecule has 4 aliphatic carbocycles. The van der Waals surface area contributed by atoms with E-state index in [9.17, 15) is 15.0 Å². The van der Waals surface area contributed by atoms with Crippen molar-refractivity contribution in [3.8, 4) is 0 Å². The van der Waals surface area contributed by atoms with Crippen LogP contribution in [-0.4, -0.2) is 34.4 Å². The Bertz CT molecular complexity index is 665. The number of fused-ring (bicyclic) bond motifs is 5. The van der Waals surface area contributed by atoms with Gasteiger partial charge < -0.3 is 15.5 Å². The molecule has 178 valence electrons. The third kappa shape index (κ3) is 4.09. The summed E-state index contributed by atoms with van der Waals surface area (Å²) in [5.74, 6) is 3.53. The Kier molecular flexibility index (Phi) is 6.55. The van der Waals surface area contributed by atoms with Crippen LogP contribution in [0.15, 0.2) is 0 Å². The Hall–Kier alpha value is -0.610. The highest BCUT2D eigenvalue weighted by molar-refractivity contribution is 5.76. The van der Waals surface area contributed by atoms with E-state index in [1.54, 1.807) is 0 Å². The zero-order valence-corrected chi connectivity index (χ0v) is 20.6. The molecule has 0 spiro atoms. The van der Waals surface area contributed by atoms with Crippen molar-refractivity contribution in [1.82, 2.24) is 5.32 Å². The van der Waals surface area contributed by atoms with Crippen LogP contribution >= 0.6 is 0 Å². The molecule has 4 fully saturated rings. The van der Waals surface area contributed by atoms with E-state index < -0.39 is 0 Å². The molecule has 0 radical (unpaired) electrons. The third-order valence-electron chi connectivity index (χ3n) is 10.7. The van der Waals surface area contributed by atoms with E-state index in [4.69, 9.17) is 0 Å². The van der Waals surface area contributed by atoms with Crippen LogP contribution in [0, 0.1) is 46.3 Å². The van der Waals surface area contributed by atoms with E-state index in [0.717, 1.165) is 32.1 Å². The van der Waals surface area contributed by atoms with Gasteiger partial charge in [0.2, 0.25) is 5.91 Å². The lowest BCUT2D eigenvalue weighted by Gasteiger charge is -2.62. The summed E-state index contributed by atoms with van der Waals surface area (Å²) in [6, 6.07) is 0.213. The Morgan fingerprint density at radius 1 is 0.968 bits per heavy atom. The second kappa shape index (κ2) is 8.63. The minimum Gasteiger partial charge on any atom is -0.393 e. The largest absolute Gasteiger partial charge is 0.393 e. The van der Waals surface area contributed by atoms with Crippen molar-refractivity contribution in [2.24, 2.45) is 46.3 Å². The summed E-state index contributed by atoms with van der Waals surface area (Å²) in [5, 5.41) is 24.7. The van der Waals surface area contributed by atoms with Crippen molar-refractivity contribution >= 4 is 5.91 Å². The highest BCUT2D eigenvalue weighted by atomic mass is 16.3. The van der Waals surface area contributed by atoms with Gasteiger partial charge in [0.25, 0.3) is 0 Å². The average Bonchev–Trinajstić information content (AvgIpc) is 3.04. The van der Waals surface area contributed by atoms with Crippen molar-refractivity contribution in [2.75, 3.05) is 0 Å². The number of carbonyl (C=O) groups excluding carboxylic acids is 1. The van der Waals surface area contributed by atoms with Crippen molar-refractivity contribution in [1.29, 1.82) is 0 Å². The maximum atomic E-state index is 12.2. The molecule has 4 rings (SSSR count). The molecule has 0 aromatic rings. The van der Waals surface area contributed by atoms with E-state index in [2.05, 4.69) is 26.1 Å². The fourth-order valence-electron chi connectivity index (χ4n) is 9.13. The first-order valence-electron chi connectivity index (χ1n) is 13.2. The van der Waals surface area contributed by atoms with E-state index in [0.29, 0.717) is 52.8 Å². The monoisotopic (exact) mass is 433 g/mol. The number of amides is 1. The normalized spacial score (nSPS) is 47.9. The van der Waals surface area contributed by atoms with Crippen molar-refractivity contribution in [3.63, 3.8) is 0 Å². The number of aliphatic hydroxyl groups excluding tert-OH is 2. The van der Waals surface area contributed by atoms with Gasteiger partial charge in [-0.05, 0) is 118 Å². The predicted octanol–water partition coefficient (Wildman–Crippen LogP) is 4.92. The number of carbonyl (C=O) groups is 1. The molecule has 0 aromatic carbocycles.